The lowest BCUT2D eigenvalue weighted by molar-refractivity contribution is -0.163. The van der Waals surface area contributed by atoms with E-state index in [0.29, 0.717) is 24.3 Å². The zero-order chi connectivity index (χ0) is 21.3. The number of carbonyl (C=O) groups excluding carboxylic acids is 4. The zero-order valence-electron chi connectivity index (χ0n) is 16.4. The summed E-state index contributed by atoms with van der Waals surface area (Å²) in [5, 5.41) is 3.72. The highest BCUT2D eigenvalue weighted by Gasteiger charge is 2.45. The SMILES string of the molecule is CC(=O)c1ccc(NC(=O)CN2NC3N(CCN3c3ccccc3)C(=O)C2=O)cc1. The van der Waals surface area contributed by atoms with E-state index < -0.39 is 24.0 Å². The van der Waals surface area contributed by atoms with Gasteiger partial charge in [0.25, 0.3) is 0 Å². The van der Waals surface area contributed by atoms with E-state index in [1.165, 1.54) is 11.8 Å². The van der Waals surface area contributed by atoms with Crippen LogP contribution in [0.4, 0.5) is 11.4 Å². The average Bonchev–Trinajstić information content (AvgIpc) is 3.16. The predicted octanol–water partition coefficient (Wildman–Crippen LogP) is 0.807. The second-order valence-electron chi connectivity index (χ2n) is 7.10. The number of para-hydroxylation sites is 1. The molecular weight excluding hydrogens is 386 g/mol. The molecule has 2 aromatic carbocycles. The molecule has 2 saturated heterocycles. The van der Waals surface area contributed by atoms with Gasteiger partial charge in [-0.05, 0) is 43.3 Å². The maximum Gasteiger partial charge on any atom is 0.326 e. The van der Waals surface area contributed by atoms with Gasteiger partial charge in [0.15, 0.2) is 12.1 Å². The molecule has 0 aromatic heterocycles. The van der Waals surface area contributed by atoms with E-state index in [1.807, 2.05) is 35.2 Å². The molecule has 2 heterocycles. The minimum atomic E-state index is -0.775. The van der Waals surface area contributed by atoms with E-state index in [4.69, 9.17) is 0 Å². The first-order valence-electron chi connectivity index (χ1n) is 9.55. The number of hydrogen-bond donors (Lipinski definition) is 2. The van der Waals surface area contributed by atoms with E-state index in [2.05, 4.69) is 10.7 Å². The number of ketones is 1. The largest absolute Gasteiger partial charge is 0.336 e. The number of rotatable bonds is 5. The Morgan fingerprint density at radius 1 is 0.967 bits per heavy atom. The van der Waals surface area contributed by atoms with Crippen molar-refractivity contribution in [3.05, 3.63) is 60.2 Å². The molecule has 9 heteroatoms. The maximum absolute atomic E-state index is 12.5. The molecule has 2 aliphatic heterocycles. The van der Waals surface area contributed by atoms with Crippen molar-refractivity contribution in [3.8, 4) is 0 Å². The van der Waals surface area contributed by atoms with Crippen LogP contribution in [0.1, 0.15) is 17.3 Å². The van der Waals surface area contributed by atoms with E-state index >= 15 is 0 Å². The highest BCUT2D eigenvalue weighted by Crippen LogP contribution is 2.24. The number of carbonyl (C=O) groups is 4. The number of anilines is 2. The van der Waals surface area contributed by atoms with Gasteiger partial charge in [0.2, 0.25) is 5.91 Å². The Hall–Kier alpha value is -3.72. The van der Waals surface area contributed by atoms with Gasteiger partial charge < -0.3 is 10.2 Å². The van der Waals surface area contributed by atoms with Gasteiger partial charge >= 0.3 is 11.8 Å². The number of nitrogens with one attached hydrogen (secondary N) is 2. The smallest absolute Gasteiger partial charge is 0.326 e. The van der Waals surface area contributed by atoms with Gasteiger partial charge in [-0.2, -0.15) is 5.43 Å². The molecule has 3 amide bonds. The van der Waals surface area contributed by atoms with Gasteiger partial charge in [0.05, 0.1) is 0 Å². The van der Waals surface area contributed by atoms with Crippen molar-refractivity contribution in [2.75, 3.05) is 29.9 Å². The first kappa shape index (κ1) is 19.6. The fourth-order valence-corrected chi connectivity index (χ4v) is 3.56. The van der Waals surface area contributed by atoms with Crippen LogP contribution in [0.2, 0.25) is 0 Å². The molecule has 2 fully saturated rings. The number of benzene rings is 2. The van der Waals surface area contributed by atoms with E-state index in [-0.39, 0.29) is 12.3 Å². The van der Waals surface area contributed by atoms with E-state index in [9.17, 15) is 19.2 Å². The van der Waals surface area contributed by atoms with Crippen LogP contribution in [0.15, 0.2) is 54.6 Å². The van der Waals surface area contributed by atoms with Crippen molar-refractivity contribution >= 4 is 34.9 Å². The van der Waals surface area contributed by atoms with Crippen LogP contribution in [0.3, 0.4) is 0 Å². The molecule has 4 rings (SSSR count). The summed E-state index contributed by atoms with van der Waals surface area (Å²) in [6.45, 7) is 2.12. The summed E-state index contributed by atoms with van der Waals surface area (Å²) in [5.41, 5.74) is 4.94. The van der Waals surface area contributed by atoms with Gasteiger partial charge in [-0.3, -0.25) is 29.1 Å². The van der Waals surface area contributed by atoms with Crippen LogP contribution in [0.25, 0.3) is 0 Å². The van der Waals surface area contributed by atoms with Crippen LogP contribution >= 0.6 is 0 Å². The average molecular weight is 407 g/mol. The summed E-state index contributed by atoms with van der Waals surface area (Å²) in [6.07, 6.45) is -0.541. The third kappa shape index (κ3) is 3.74. The summed E-state index contributed by atoms with van der Waals surface area (Å²) >= 11 is 0. The van der Waals surface area contributed by atoms with Crippen molar-refractivity contribution in [2.24, 2.45) is 0 Å². The van der Waals surface area contributed by atoms with Crippen LogP contribution in [-0.4, -0.2) is 59.3 Å². The summed E-state index contributed by atoms with van der Waals surface area (Å²) in [6, 6.07) is 16.0. The lowest BCUT2D eigenvalue weighted by Gasteiger charge is -2.40. The second-order valence-corrected chi connectivity index (χ2v) is 7.10. The topological polar surface area (TPSA) is 102 Å². The molecule has 30 heavy (non-hydrogen) atoms. The lowest BCUT2D eigenvalue weighted by atomic mass is 10.1. The maximum atomic E-state index is 12.5. The van der Waals surface area contributed by atoms with Crippen LogP contribution in [-0.2, 0) is 14.4 Å². The highest BCUT2D eigenvalue weighted by molar-refractivity contribution is 6.35. The van der Waals surface area contributed by atoms with E-state index in [0.717, 1.165) is 10.7 Å². The van der Waals surface area contributed by atoms with Gasteiger partial charge in [0, 0.05) is 30.0 Å². The number of Topliss-reactive ketones (excluding diaryl/α,β-unsaturated/α-hetero) is 1. The van der Waals surface area contributed by atoms with Crippen molar-refractivity contribution in [3.63, 3.8) is 0 Å². The first-order valence-corrected chi connectivity index (χ1v) is 9.55. The Labute approximate surface area is 173 Å². The normalized spacial score (nSPS) is 18.4. The summed E-state index contributed by atoms with van der Waals surface area (Å²) < 4.78 is 0. The fraction of sp³-hybridized carbons (Fsp3) is 0.238. The molecule has 1 atom stereocenters. The zero-order valence-corrected chi connectivity index (χ0v) is 16.4. The molecule has 154 valence electrons. The lowest BCUT2D eigenvalue weighted by Crippen LogP contribution is -2.68. The molecule has 0 spiro atoms. The molecule has 2 N–H and O–H groups in total. The molecular formula is C21H21N5O4. The van der Waals surface area contributed by atoms with Crippen molar-refractivity contribution in [1.29, 1.82) is 0 Å². The molecule has 1 unspecified atom stereocenters. The Morgan fingerprint density at radius 3 is 2.30 bits per heavy atom. The number of hydrazine groups is 1. The standard InChI is InChI=1S/C21H21N5O4/c1-14(27)15-7-9-16(10-8-15)22-18(28)13-26-20(30)19(29)25-12-11-24(21(25)23-26)17-5-3-2-4-6-17/h2-10,21,23H,11-13H2,1H3,(H,22,28). The number of fused-ring (bicyclic) bond motifs is 1. The third-order valence-corrected chi connectivity index (χ3v) is 5.10. The quantitative estimate of drug-likeness (QED) is 0.562. The van der Waals surface area contributed by atoms with Gasteiger partial charge in [0.1, 0.15) is 6.54 Å². The number of nitrogens with zero attached hydrogens (tertiary/aromatic N) is 3. The molecule has 9 nitrogen and oxygen atoms in total. The number of amides is 3. The number of hydrogen-bond acceptors (Lipinski definition) is 6. The minimum absolute atomic E-state index is 0.0707. The molecule has 2 aliphatic rings. The summed E-state index contributed by atoms with van der Waals surface area (Å²) in [7, 11) is 0. The highest BCUT2D eigenvalue weighted by atomic mass is 16.2. The van der Waals surface area contributed by atoms with Gasteiger partial charge in [-0.1, -0.05) is 18.2 Å². The molecule has 0 bridgehead atoms. The predicted molar refractivity (Wildman–Crippen MR) is 109 cm³/mol. The molecule has 0 aliphatic carbocycles. The third-order valence-electron chi connectivity index (χ3n) is 5.10. The van der Waals surface area contributed by atoms with Gasteiger partial charge in [-0.25, -0.2) is 0 Å². The van der Waals surface area contributed by atoms with Crippen molar-refractivity contribution in [2.45, 2.75) is 13.2 Å². The second kappa shape index (κ2) is 7.96. The van der Waals surface area contributed by atoms with Gasteiger partial charge in [-0.15, -0.1) is 0 Å². The van der Waals surface area contributed by atoms with Crippen LogP contribution in [0, 0.1) is 0 Å². The van der Waals surface area contributed by atoms with Crippen LogP contribution < -0.4 is 15.6 Å². The molecule has 2 aromatic rings. The monoisotopic (exact) mass is 407 g/mol. The van der Waals surface area contributed by atoms with Crippen LogP contribution in [0.5, 0.6) is 0 Å². The summed E-state index contributed by atoms with van der Waals surface area (Å²) in [5.74, 6) is -1.95. The molecule has 0 radical (unpaired) electrons. The Morgan fingerprint density at radius 2 is 1.63 bits per heavy atom. The fourth-order valence-electron chi connectivity index (χ4n) is 3.56. The van der Waals surface area contributed by atoms with E-state index in [1.54, 1.807) is 24.3 Å². The summed E-state index contributed by atoms with van der Waals surface area (Å²) in [4.78, 5) is 52.2. The Balaban J connectivity index is 1.44. The van der Waals surface area contributed by atoms with Crippen molar-refractivity contribution < 1.29 is 19.2 Å². The Bertz CT molecular complexity index is 992. The minimum Gasteiger partial charge on any atom is -0.336 e. The Kier molecular flexibility index (Phi) is 5.20. The molecule has 0 saturated carbocycles. The first-order chi connectivity index (χ1) is 14.4. The van der Waals surface area contributed by atoms with Crippen molar-refractivity contribution in [1.82, 2.24) is 15.3 Å².